The van der Waals surface area contributed by atoms with Gasteiger partial charge in [-0.15, -0.1) is 0 Å². The molecule has 3 rings (SSSR count). The van der Waals surface area contributed by atoms with E-state index in [0.717, 1.165) is 11.3 Å². The van der Waals surface area contributed by atoms with Crippen LogP contribution >= 0.6 is 11.6 Å². The van der Waals surface area contributed by atoms with Crippen LogP contribution in [0.1, 0.15) is 22.8 Å². The van der Waals surface area contributed by atoms with Crippen molar-refractivity contribution in [2.24, 2.45) is 0 Å². The van der Waals surface area contributed by atoms with Crippen LogP contribution in [0.4, 0.5) is 17.1 Å². The van der Waals surface area contributed by atoms with Gasteiger partial charge in [0.25, 0.3) is 5.91 Å². The van der Waals surface area contributed by atoms with Crippen molar-refractivity contribution in [2.75, 3.05) is 41.8 Å². The lowest BCUT2D eigenvalue weighted by Gasteiger charge is -2.30. The van der Waals surface area contributed by atoms with Crippen LogP contribution in [-0.4, -0.2) is 38.1 Å². The third kappa shape index (κ3) is 4.78. The van der Waals surface area contributed by atoms with Crippen molar-refractivity contribution in [1.29, 1.82) is 0 Å². The summed E-state index contributed by atoms with van der Waals surface area (Å²) < 4.78 is 5.40. The zero-order valence-electron chi connectivity index (χ0n) is 15.3. The van der Waals surface area contributed by atoms with Gasteiger partial charge >= 0.3 is 0 Å². The summed E-state index contributed by atoms with van der Waals surface area (Å²) in [7, 11) is 0. The lowest BCUT2D eigenvalue weighted by Crippen LogP contribution is -2.37. The molecule has 2 aromatic rings. The average molecular weight is 388 g/mol. The van der Waals surface area contributed by atoms with Crippen LogP contribution in [0.15, 0.2) is 36.4 Å². The van der Waals surface area contributed by atoms with E-state index in [0.29, 0.717) is 48.3 Å². The molecule has 0 aliphatic carbocycles. The fourth-order valence-electron chi connectivity index (χ4n) is 2.95. The Morgan fingerprint density at radius 1 is 1.04 bits per heavy atom. The van der Waals surface area contributed by atoms with Crippen LogP contribution in [-0.2, 0) is 9.53 Å². The summed E-state index contributed by atoms with van der Waals surface area (Å²) in [5.41, 5.74) is 3.43. The molecule has 0 aromatic heterocycles. The average Bonchev–Trinajstić information content (AvgIpc) is 2.65. The second-order valence-corrected chi connectivity index (χ2v) is 6.84. The third-order valence-corrected chi connectivity index (χ3v) is 4.75. The summed E-state index contributed by atoms with van der Waals surface area (Å²) in [6.45, 7) is 5.97. The van der Waals surface area contributed by atoms with Gasteiger partial charge in [0.05, 0.1) is 18.8 Å². The van der Waals surface area contributed by atoms with Crippen molar-refractivity contribution in [2.45, 2.75) is 13.8 Å². The minimum atomic E-state index is -0.261. The molecule has 1 saturated heterocycles. The molecule has 2 N–H and O–H groups in total. The predicted molar refractivity (Wildman–Crippen MR) is 108 cm³/mol. The summed E-state index contributed by atoms with van der Waals surface area (Å²) >= 11 is 6.16. The summed E-state index contributed by atoms with van der Waals surface area (Å²) in [4.78, 5) is 26.5. The number of ether oxygens (including phenoxy) is 1. The summed E-state index contributed by atoms with van der Waals surface area (Å²) in [6.07, 6.45) is 0. The first kappa shape index (κ1) is 19.2. The first-order valence-corrected chi connectivity index (χ1v) is 9.13. The van der Waals surface area contributed by atoms with Crippen molar-refractivity contribution < 1.29 is 14.3 Å². The smallest absolute Gasteiger partial charge is 0.257 e. The maximum atomic E-state index is 13.0. The SMILES string of the molecule is CC(=O)Nc1ccc(N2CCOCC2)c(C(=O)Nc2ccc(C)c(Cl)c2)c1. The topological polar surface area (TPSA) is 70.7 Å². The van der Waals surface area contributed by atoms with E-state index in [-0.39, 0.29) is 11.8 Å². The highest BCUT2D eigenvalue weighted by atomic mass is 35.5. The van der Waals surface area contributed by atoms with Crippen LogP contribution in [0.2, 0.25) is 5.02 Å². The van der Waals surface area contributed by atoms with Crippen molar-refractivity contribution in [3.05, 3.63) is 52.5 Å². The molecule has 0 radical (unpaired) electrons. The van der Waals surface area contributed by atoms with Crippen molar-refractivity contribution >= 4 is 40.5 Å². The number of aryl methyl sites for hydroxylation is 1. The largest absolute Gasteiger partial charge is 0.378 e. The van der Waals surface area contributed by atoms with Gasteiger partial charge in [-0.05, 0) is 42.8 Å². The predicted octanol–water partition coefficient (Wildman–Crippen LogP) is 3.70. The second kappa shape index (κ2) is 8.41. The summed E-state index contributed by atoms with van der Waals surface area (Å²) in [5.74, 6) is -0.450. The number of amides is 2. The van der Waals surface area contributed by atoms with Crippen LogP contribution in [0.25, 0.3) is 0 Å². The van der Waals surface area contributed by atoms with E-state index in [9.17, 15) is 9.59 Å². The summed E-state index contributed by atoms with van der Waals surface area (Å²) in [5, 5.41) is 6.21. The quantitative estimate of drug-likeness (QED) is 0.839. The molecule has 1 heterocycles. The standard InChI is InChI=1S/C20H22ClN3O3/c1-13-3-4-16(12-18(13)21)23-20(26)17-11-15(22-14(2)25)5-6-19(17)24-7-9-27-10-8-24/h3-6,11-12H,7-10H2,1-2H3,(H,22,25)(H,23,26). The van der Waals surface area contributed by atoms with E-state index in [1.165, 1.54) is 6.92 Å². The molecule has 1 aliphatic rings. The highest BCUT2D eigenvalue weighted by Gasteiger charge is 2.20. The van der Waals surface area contributed by atoms with Crippen LogP contribution in [0, 0.1) is 6.92 Å². The van der Waals surface area contributed by atoms with Gasteiger partial charge < -0.3 is 20.3 Å². The number of rotatable bonds is 4. The lowest BCUT2D eigenvalue weighted by atomic mass is 10.1. The molecule has 142 valence electrons. The van der Waals surface area contributed by atoms with Crippen molar-refractivity contribution in [1.82, 2.24) is 0 Å². The van der Waals surface area contributed by atoms with E-state index >= 15 is 0 Å². The van der Waals surface area contributed by atoms with E-state index < -0.39 is 0 Å². The van der Waals surface area contributed by atoms with Gasteiger partial charge in [0.15, 0.2) is 0 Å². The van der Waals surface area contributed by atoms with Crippen LogP contribution < -0.4 is 15.5 Å². The second-order valence-electron chi connectivity index (χ2n) is 6.43. The number of nitrogens with zero attached hydrogens (tertiary/aromatic N) is 1. The number of benzene rings is 2. The van der Waals surface area contributed by atoms with Crippen LogP contribution in [0.5, 0.6) is 0 Å². The van der Waals surface area contributed by atoms with Gasteiger partial charge in [-0.3, -0.25) is 9.59 Å². The molecule has 0 unspecified atom stereocenters. The number of hydrogen-bond donors (Lipinski definition) is 2. The molecule has 0 spiro atoms. The fourth-order valence-corrected chi connectivity index (χ4v) is 3.13. The number of nitrogens with one attached hydrogen (secondary N) is 2. The Kier molecular flexibility index (Phi) is 5.98. The first-order valence-electron chi connectivity index (χ1n) is 8.76. The monoisotopic (exact) mass is 387 g/mol. The molecule has 0 bridgehead atoms. The molecular formula is C20H22ClN3O3. The maximum Gasteiger partial charge on any atom is 0.257 e. The summed E-state index contributed by atoms with van der Waals surface area (Å²) in [6, 6.07) is 10.7. The highest BCUT2D eigenvalue weighted by Crippen LogP contribution is 2.27. The minimum Gasteiger partial charge on any atom is -0.378 e. The highest BCUT2D eigenvalue weighted by molar-refractivity contribution is 6.31. The molecule has 1 aliphatic heterocycles. The molecule has 7 heteroatoms. The number of carbonyl (C=O) groups excluding carboxylic acids is 2. The van der Waals surface area contributed by atoms with Crippen LogP contribution in [0.3, 0.4) is 0 Å². The molecule has 1 fully saturated rings. The number of carbonyl (C=O) groups is 2. The fraction of sp³-hybridized carbons (Fsp3) is 0.300. The Balaban J connectivity index is 1.92. The zero-order chi connectivity index (χ0) is 19.4. The van der Waals surface area contributed by atoms with Gasteiger partial charge in [-0.2, -0.15) is 0 Å². The number of anilines is 3. The molecule has 2 aromatic carbocycles. The Morgan fingerprint density at radius 3 is 2.37 bits per heavy atom. The third-order valence-electron chi connectivity index (χ3n) is 4.34. The Bertz CT molecular complexity index is 864. The van der Waals surface area contributed by atoms with E-state index in [4.69, 9.17) is 16.3 Å². The minimum absolute atomic E-state index is 0.189. The Labute approximate surface area is 163 Å². The number of hydrogen-bond acceptors (Lipinski definition) is 4. The molecule has 6 nitrogen and oxygen atoms in total. The normalized spacial score (nSPS) is 14.0. The van der Waals surface area contributed by atoms with Gasteiger partial charge in [-0.1, -0.05) is 17.7 Å². The first-order chi connectivity index (χ1) is 12.9. The zero-order valence-corrected chi connectivity index (χ0v) is 16.1. The van der Waals surface area contributed by atoms with E-state index in [1.807, 2.05) is 25.1 Å². The lowest BCUT2D eigenvalue weighted by molar-refractivity contribution is -0.114. The van der Waals surface area contributed by atoms with E-state index in [1.54, 1.807) is 18.2 Å². The van der Waals surface area contributed by atoms with Gasteiger partial charge in [-0.25, -0.2) is 0 Å². The number of morpholine rings is 1. The Hall–Kier alpha value is -2.57. The maximum absolute atomic E-state index is 13.0. The van der Waals surface area contributed by atoms with Crippen molar-refractivity contribution in [3.8, 4) is 0 Å². The Morgan fingerprint density at radius 2 is 1.70 bits per heavy atom. The van der Waals surface area contributed by atoms with Crippen molar-refractivity contribution in [3.63, 3.8) is 0 Å². The molecule has 27 heavy (non-hydrogen) atoms. The number of halogens is 1. The van der Waals surface area contributed by atoms with Gasteiger partial charge in [0.2, 0.25) is 5.91 Å². The van der Waals surface area contributed by atoms with Gasteiger partial charge in [0.1, 0.15) is 0 Å². The molecule has 0 saturated carbocycles. The van der Waals surface area contributed by atoms with Gasteiger partial charge in [0, 0.05) is 42.1 Å². The molecule has 2 amide bonds. The van der Waals surface area contributed by atoms with E-state index in [2.05, 4.69) is 15.5 Å². The molecular weight excluding hydrogens is 366 g/mol. The molecule has 0 atom stereocenters.